The molecule has 0 spiro atoms. The zero-order valence-corrected chi connectivity index (χ0v) is 15.2. The van der Waals surface area contributed by atoms with E-state index in [-0.39, 0.29) is 0 Å². The van der Waals surface area contributed by atoms with Gasteiger partial charge in [-0.15, -0.1) is 22.7 Å². The third-order valence-corrected chi connectivity index (χ3v) is 6.60. The first-order valence-electron chi connectivity index (χ1n) is 7.14. The topological polar surface area (TPSA) is 0 Å². The second kappa shape index (κ2) is 5.87. The average Bonchev–Trinajstić information content (AvgIpc) is 2.77. The number of hydrogen-bond acceptors (Lipinski definition) is 2. The van der Waals surface area contributed by atoms with Crippen LogP contribution < -0.4 is 0 Å². The predicted octanol–water partition coefficient (Wildman–Crippen LogP) is 6.31. The van der Waals surface area contributed by atoms with Gasteiger partial charge in [0.05, 0.1) is 0 Å². The van der Waals surface area contributed by atoms with E-state index in [4.69, 9.17) is 0 Å². The number of allylic oxidation sites excluding steroid dienone is 2. The van der Waals surface area contributed by atoms with Gasteiger partial charge in [-0.05, 0) is 82.7 Å². The van der Waals surface area contributed by atoms with Crippen LogP contribution in [0.1, 0.15) is 48.7 Å². The Balaban J connectivity index is 2.45. The van der Waals surface area contributed by atoms with Gasteiger partial charge in [0.15, 0.2) is 0 Å². The van der Waals surface area contributed by atoms with Crippen LogP contribution in [0.25, 0.3) is 5.57 Å². The molecule has 0 N–H and O–H groups in total. The maximum atomic E-state index is 2.30. The molecule has 108 valence electrons. The molecular weight excluding hydrogens is 280 g/mol. The summed E-state index contributed by atoms with van der Waals surface area (Å²) in [5.41, 5.74) is 7.44. The van der Waals surface area contributed by atoms with Crippen LogP contribution in [0.15, 0.2) is 6.08 Å². The van der Waals surface area contributed by atoms with E-state index < -0.39 is 0 Å². The number of aryl methyl sites for hydroxylation is 4. The minimum absolute atomic E-state index is 1.07. The van der Waals surface area contributed by atoms with Gasteiger partial charge in [0, 0.05) is 19.5 Å². The second-order valence-corrected chi connectivity index (χ2v) is 8.38. The molecule has 0 radical (unpaired) electrons. The van der Waals surface area contributed by atoms with Crippen molar-refractivity contribution in [3.63, 3.8) is 0 Å². The fourth-order valence-electron chi connectivity index (χ4n) is 2.89. The van der Waals surface area contributed by atoms with Gasteiger partial charge in [-0.3, -0.25) is 0 Å². The third-order valence-electron chi connectivity index (χ3n) is 4.31. The summed E-state index contributed by atoms with van der Waals surface area (Å²) in [6.45, 7) is 15.7. The largest absolute Gasteiger partial charge is 0.145 e. The van der Waals surface area contributed by atoms with E-state index in [1.807, 2.05) is 22.7 Å². The SMILES string of the molecule is CC=C(Cc1c(C)sc(C)c1C)c1c(C)sc(C)c1C. The van der Waals surface area contributed by atoms with Crippen LogP contribution in [0.3, 0.4) is 0 Å². The van der Waals surface area contributed by atoms with Crippen LogP contribution in [0.4, 0.5) is 0 Å². The Morgan fingerprint density at radius 2 is 1.35 bits per heavy atom. The van der Waals surface area contributed by atoms with E-state index in [1.165, 1.54) is 47.3 Å². The van der Waals surface area contributed by atoms with Crippen LogP contribution in [0, 0.1) is 41.5 Å². The van der Waals surface area contributed by atoms with Gasteiger partial charge >= 0.3 is 0 Å². The van der Waals surface area contributed by atoms with Crippen molar-refractivity contribution < 1.29 is 0 Å². The van der Waals surface area contributed by atoms with Crippen molar-refractivity contribution in [3.8, 4) is 0 Å². The molecule has 2 aromatic rings. The fourth-order valence-corrected chi connectivity index (χ4v) is 5.08. The highest BCUT2D eigenvalue weighted by atomic mass is 32.1. The first-order chi connectivity index (χ1) is 9.36. The lowest BCUT2D eigenvalue weighted by Crippen LogP contribution is -1.95. The highest BCUT2D eigenvalue weighted by Gasteiger charge is 2.16. The Morgan fingerprint density at radius 3 is 1.75 bits per heavy atom. The fraction of sp³-hybridized carbons (Fsp3) is 0.444. The molecule has 0 aliphatic carbocycles. The van der Waals surface area contributed by atoms with Crippen LogP contribution in [0.2, 0.25) is 0 Å². The highest BCUT2D eigenvalue weighted by molar-refractivity contribution is 7.12. The van der Waals surface area contributed by atoms with Gasteiger partial charge in [-0.2, -0.15) is 0 Å². The lowest BCUT2D eigenvalue weighted by molar-refractivity contribution is 1.20. The van der Waals surface area contributed by atoms with Gasteiger partial charge in [0.2, 0.25) is 0 Å². The van der Waals surface area contributed by atoms with E-state index in [1.54, 1.807) is 0 Å². The summed E-state index contributed by atoms with van der Waals surface area (Å²) in [5.74, 6) is 0. The molecule has 0 bridgehead atoms. The molecule has 0 unspecified atom stereocenters. The van der Waals surface area contributed by atoms with Crippen molar-refractivity contribution in [3.05, 3.63) is 47.8 Å². The van der Waals surface area contributed by atoms with E-state index in [0.717, 1.165) is 6.42 Å². The second-order valence-electron chi connectivity index (χ2n) is 5.52. The van der Waals surface area contributed by atoms with Crippen molar-refractivity contribution in [2.75, 3.05) is 0 Å². The molecule has 0 saturated carbocycles. The molecule has 0 aromatic carbocycles. The minimum atomic E-state index is 1.07. The molecule has 2 heteroatoms. The Bertz CT molecular complexity index is 666. The van der Waals surface area contributed by atoms with Crippen LogP contribution in [-0.4, -0.2) is 0 Å². The van der Waals surface area contributed by atoms with Crippen molar-refractivity contribution in [1.82, 2.24) is 0 Å². The molecule has 0 aliphatic heterocycles. The van der Waals surface area contributed by atoms with Gasteiger partial charge in [-0.25, -0.2) is 0 Å². The molecular formula is C18H24S2. The van der Waals surface area contributed by atoms with Gasteiger partial charge < -0.3 is 0 Å². The first kappa shape index (κ1) is 15.5. The van der Waals surface area contributed by atoms with Crippen LogP contribution in [0.5, 0.6) is 0 Å². The van der Waals surface area contributed by atoms with Gasteiger partial charge in [0.1, 0.15) is 0 Å². The summed E-state index contributed by atoms with van der Waals surface area (Å²) in [7, 11) is 0. The number of rotatable bonds is 3. The minimum Gasteiger partial charge on any atom is -0.145 e. The van der Waals surface area contributed by atoms with Crippen molar-refractivity contribution in [2.45, 2.75) is 54.9 Å². The van der Waals surface area contributed by atoms with E-state index in [2.05, 4.69) is 54.5 Å². The lowest BCUT2D eigenvalue weighted by Gasteiger charge is -2.10. The quantitative estimate of drug-likeness (QED) is 0.623. The zero-order chi connectivity index (χ0) is 15.0. The Hall–Kier alpha value is -0.860. The molecule has 0 saturated heterocycles. The first-order valence-corrected chi connectivity index (χ1v) is 8.77. The standard InChI is InChI=1S/C18H24S2/c1-8-16(18-11(3)13(5)20-15(18)7)9-17-10(2)12(4)19-14(17)6/h8H,9H2,1-7H3. The summed E-state index contributed by atoms with van der Waals surface area (Å²) >= 11 is 3.86. The Labute approximate surface area is 131 Å². The Kier molecular flexibility index (Phi) is 4.55. The van der Waals surface area contributed by atoms with E-state index >= 15 is 0 Å². The van der Waals surface area contributed by atoms with E-state index in [0.29, 0.717) is 0 Å². The van der Waals surface area contributed by atoms with Crippen LogP contribution in [-0.2, 0) is 6.42 Å². The van der Waals surface area contributed by atoms with E-state index in [9.17, 15) is 0 Å². The summed E-state index contributed by atoms with van der Waals surface area (Å²) in [4.78, 5) is 5.84. The van der Waals surface area contributed by atoms with Crippen LogP contribution >= 0.6 is 22.7 Å². The third kappa shape index (κ3) is 2.64. The van der Waals surface area contributed by atoms with Crippen molar-refractivity contribution in [1.29, 1.82) is 0 Å². The van der Waals surface area contributed by atoms with Gasteiger partial charge in [-0.1, -0.05) is 6.08 Å². The number of thiophene rings is 2. The van der Waals surface area contributed by atoms with Crippen molar-refractivity contribution in [2.24, 2.45) is 0 Å². The molecule has 0 aliphatic rings. The normalized spacial score (nSPS) is 12.2. The monoisotopic (exact) mass is 304 g/mol. The van der Waals surface area contributed by atoms with Crippen molar-refractivity contribution >= 4 is 28.2 Å². The smallest absolute Gasteiger partial charge is 0.00949 e. The average molecular weight is 305 g/mol. The summed E-state index contributed by atoms with van der Waals surface area (Å²) in [6.07, 6.45) is 3.36. The summed E-state index contributed by atoms with van der Waals surface area (Å²) in [6, 6.07) is 0. The molecule has 2 aromatic heterocycles. The molecule has 2 rings (SSSR count). The maximum absolute atomic E-state index is 2.30. The molecule has 20 heavy (non-hydrogen) atoms. The molecule has 2 heterocycles. The lowest BCUT2D eigenvalue weighted by atomic mass is 9.93. The number of hydrogen-bond donors (Lipinski definition) is 0. The highest BCUT2D eigenvalue weighted by Crippen LogP contribution is 2.36. The summed E-state index contributed by atoms with van der Waals surface area (Å²) < 4.78 is 0. The summed E-state index contributed by atoms with van der Waals surface area (Å²) in [5, 5.41) is 0. The maximum Gasteiger partial charge on any atom is 0.00949 e. The Morgan fingerprint density at radius 1 is 0.800 bits per heavy atom. The molecule has 0 fully saturated rings. The van der Waals surface area contributed by atoms with Gasteiger partial charge in [0.25, 0.3) is 0 Å². The molecule has 0 nitrogen and oxygen atoms in total. The zero-order valence-electron chi connectivity index (χ0n) is 13.6. The molecule has 0 amide bonds. The predicted molar refractivity (Wildman–Crippen MR) is 94.4 cm³/mol. The molecule has 0 atom stereocenters.